The van der Waals surface area contributed by atoms with Crippen LogP contribution in [0.4, 0.5) is 0 Å². The molecule has 1 aromatic heterocycles. The molecule has 2 aliphatic rings. The highest BCUT2D eigenvalue weighted by molar-refractivity contribution is 14.0. The zero-order valence-corrected chi connectivity index (χ0v) is 19.1. The van der Waals surface area contributed by atoms with E-state index >= 15 is 0 Å². The Morgan fingerprint density at radius 3 is 2.61 bits per heavy atom. The van der Waals surface area contributed by atoms with Crippen LogP contribution in [0.5, 0.6) is 0 Å². The number of aliphatic imine (C=N–C) groups is 1. The number of nitrogens with zero attached hydrogens (tertiary/aromatic N) is 2. The van der Waals surface area contributed by atoms with Gasteiger partial charge < -0.3 is 20.4 Å². The largest absolute Gasteiger partial charge is 0.468 e. The van der Waals surface area contributed by atoms with Crippen LogP contribution in [-0.4, -0.2) is 56.0 Å². The van der Waals surface area contributed by atoms with Gasteiger partial charge in [-0.1, -0.05) is 6.42 Å². The van der Waals surface area contributed by atoms with Crippen molar-refractivity contribution in [2.24, 2.45) is 10.9 Å². The molecule has 1 aliphatic heterocycles. The molecule has 1 atom stereocenters. The Kier molecular flexibility index (Phi) is 10.1. The molecular formula is C20H34IN5O2. The predicted molar refractivity (Wildman–Crippen MR) is 122 cm³/mol. The van der Waals surface area contributed by atoms with Gasteiger partial charge in [-0.15, -0.1) is 24.0 Å². The summed E-state index contributed by atoms with van der Waals surface area (Å²) in [5.74, 6) is 2.20. The number of hydrogen-bond acceptors (Lipinski definition) is 4. The molecule has 28 heavy (non-hydrogen) atoms. The summed E-state index contributed by atoms with van der Waals surface area (Å²) in [7, 11) is 0. The highest BCUT2D eigenvalue weighted by atomic mass is 127. The van der Waals surface area contributed by atoms with Gasteiger partial charge in [-0.25, -0.2) is 0 Å². The number of rotatable bonds is 9. The molecule has 3 rings (SSSR count). The smallest absolute Gasteiger partial charge is 0.223 e. The van der Waals surface area contributed by atoms with Crippen LogP contribution in [0, 0.1) is 5.92 Å². The maximum atomic E-state index is 11.7. The van der Waals surface area contributed by atoms with Gasteiger partial charge in [0, 0.05) is 25.6 Å². The summed E-state index contributed by atoms with van der Waals surface area (Å²) in [5.41, 5.74) is 0. The maximum Gasteiger partial charge on any atom is 0.223 e. The summed E-state index contributed by atoms with van der Waals surface area (Å²) in [4.78, 5) is 19.0. The molecule has 1 unspecified atom stereocenters. The van der Waals surface area contributed by atoms with Gasteiger partial charge in [0.05, 0.1) is 18.8 Å². The number of carbonyl (C=O) groups excluding carboxylic acids is 1. The van der Waals surface area contributed by atoms with E-state index in [4.69, 9.17) is 9.41 Å². The zero-order valence-electron chi connectivity index (χ0n) is 16.8. The lowest BCUT2D eigenvalue weighted by molar-refractivity contribution is -0.122. The minimum Gasteiger partial charge on any atom is -0.468 e. The molecule has 7 nitrogen and oxygen atoms in total. The summed E-state index contributed by atoms with van der Waals surface area (Å²) in [6, 6.07) is 4.16. The number of amides is 1. The fourth-order valence-corrected chi connectivity index (χ4v) is 3.47. The number of nitrogens with one attached hydrogen (secondary N) is 3. The number of piperidine rings is 1. The Morgan fingerprint density at radius 2 is 1.96 bits per heavy atom. The van der Waals surface area contributed by atoms with Crippen LogP contribution in [0.1, 0.15) is 50.8 Å². The molecule has 158 valence electrons. The van der Waals surface area contributed by atoms with Crippen molar-refractivity contribution in [3.8, 4) is 0 Å². The summed E-state index contributed by atoms with van der Waals surface area (Å²) >= 11 is 0. The average molecular weight is 503 g/mol. The Bertz CT molecular complexity index is 598. The lowest BCUT2D eigenvalue weighted by atomic mass is 10.1. The molecule has 2 fully saturated rings. The number of furan rings is 1. The predicted octanol–water partition coefficient (Wildman–Crippen LogP) is 2.51. The van der Waals surface area contributed by atoms with E-state index in [-0.39, 0.29) is 41.8 Å². The number of carbonyl (C=O) groups is 1. The van der Waals surface area contributed by atoms with Crippen molar-refractivity contribution in [1.82, 2.24) is 20.9 Å². The minimum atomic E-state index is 0. The summed E-state index contributed by atoms with van der Waals surface area (Å²) in [5, 5.41) is 9.57. The van der Waals surface area contributed by atoms with E-state index in [0.29, 0.717) is 19.6 Å². The molecule has 1 saturated carbocycles. The molecule has 0 bridgehead atoms. The third kappa shape index (κ3) is 7.27. The Balaban J connectivity index is 0.00000280. The summed E-state index contributed by atoms with van der Waals surface area (Å²) in [6.45, 7) is 6.98. The van der Waals surface area contributed by atoms with Gasteiger partial charge in [-0.3, -0.25) is 14.7 Å². The molecule has 1 aromatic rings. The normalized spacial score (nSPS) is 18.8. The van der Waals surface area contributed by atoms with Gasteiger partial charge in [0.25, 0.3) is 0 Å². The fourth-order valence-electron chi connectivity index (χ4n) is 3.47. The van der Waals surface area contributed by atoms with Crippen molar-refractivity contribution < 1.29 is 9.21 Å². The van der Waals surface area contributed by atoms with Crippen molar-refractivity contribution in [2.75, 3.05) is 39.3 Å². The SMILES string of the molecule is CCNC(=NCC(c1ccco1)N1CCCCC1)NCCNC(=O)C1CC1.I. The third-order valence-electron chi connectivity index (χ3n) is 5.13. The van der Waals surface area contributed by atoms with E-state index in [2.05, 4.69) is 27.8 Å². The standard InChI is InChI=1S/C20H33N5O2.HI/c1-2-21-20(23-11-10-22-19(26)16-8-9-16)24-15-17(18-7-6-14-27-18)25-12-4-3-5-13-25;/h6-7,14,16-17H,2-5,8-13,15H2,1H3,(H,22,26)(H2,21,23,24);1H. The number of guanidine groups is 1. The zero-order chi connectivity index (χ0) is 18.9. The molecule has 1 aliphatic carbocycles. The molecule has 0 radical (unpaired) electrons. The Morgan fingerprint density at radius 1 is 1.21 bits per heavy atom. The maximum absolute atomic E-state index is 11.7. The number of likely N-dealkylation sites (tertiary alicyclic amines) is 1. The topological polar surface area (TPSA) is 81.9 Å². The van der Waals surface area contributed by atoms with Gasteiger partial charge in [0.1, 0.15) is 5.76 Å². The highest BCUT2D eigenvalue weighted by Gasteiger charge is 2.29. The highest BCUT2D eigenvalue weighted by Crippen LogP contribution is 2.28. The van der Waals surface area contributed by atoms with E-state index in [1.165, 1.54) is 19.3 Å². The first-order chi connectivity index (χ1) is 13.3. The van der Waals surface area contributed by atoms with Gasteiger partial charge in [-0.05, 0) is 57.8 Å². The molecular weight excluding hydrogens is 469 g/mol. The van der Waals surface area contributed by atoms with Crippen molar-refractivity contribution in [3.63, 3.8) is 0 Å². The van der Waals surface area contributed by atoms with Gasteiger partial charge in [-0.2, -0.15) is 0 Å². The molecule has 2 heterocycles. The number of hydrogen-bond donors (Lipinski definition) is 3. The van der Waals surface area contributed by atoms with Gasteiger partial charge in [0.2, 0.25) is 5.91 Å². The quantitative estimate of drug-likeness (QED) is 0.209. The molecule has 1 saturated heterocycles. The van der Waals surface area contributed by atoms with Crippen molar-refractivity contribution in [1.29, 1.82) is 0 Å². The van der Waals surface area contributed by atoms with E-state index in [9.17, 15) is 4.79 Å². The molecule has 0 aromatic carbocycles. The van der Waals surface area contributed by atoms with Crippen molar-refractivity contribution in [3.05, 3.63) is 24.2 Å². The molecule has 8 heteroatoms. The second-order valence-electron chi connectivity index (χ2n) is 7.34. The first-order valence-corrected chi connectivity index (χ1v) is 10.3. The van der Waals surface area contributed by atoms with E-state index in [0.717, 1.165) is 44.2 Å². The average Bonchev–Trinajstić information content (AvgIpc) is 3.42. The molecule has 1 amide bonds. The van der Waals surface area contributed by atoms with Crippen LogP contribution in [0.2, 0.25) is 0 Å². The molecule has 3 N–H and O–H groups in total. The van der Waals surface area contributed by atoms with E-state index in [1.807, 2.05) is 12.1 Å². The lowest BCUT2D eigenvalue weighted by Crippen LogP contribution is -2.42. The Hall–Kier alpha value is -1.29. The van der Waals surface area contributed by atoms with E-state index in [1.54, 1.807) is 6.26 Å². The lowest BCUT2D eigenvalue weighted by Gasteiger charge is -2.32. The first-order valence-electron chi connectivity index (χ1n) is 10.3. The van der Waals surface area contributed by atoms with Gasteiger partial charge >= 0.3 is 0 Å². The van der Waals surface area contributed by atoms with Crippen LogP contribution < -0.4 is 16.0 Å². The van der Waals surface area contributed by atoms with Crippen LogP contribution in [0.25, 0.3) is 0 Å². The third-order valence-corrected chi connectivity index (χ3v) is 5.13. The van der Waals surface area contributed by atoms with Crippen molar-refractivity contribution >= 4 is 35.8 Å². The van der Waals surface area contributed by atoms with Crippen LogP contribution in [0.3, 0.4) is 0 Å². The van der Waals surface area contributed by atoms with E-state index < -0.39 is 0 Å². The second-order valence-corrected chi connectivity index (χ2v) is 7.34. The van der Waals surface area contributed by atoms with Crippen molar-refractivity contribution in [2.45, 2.75) is 45.1 Å². The van der Waals surface area contributed by atoms with Crippen LogP contribution >= 0.6 is 24.0 Å². The molecule has 0 spiro atoms. The first kappa shape index (κ1) is 23.0. The van der Waals surface area contributed by atoms with Crippen LogP contribution in [-0.2, 0) is 4.79 Å². The summed E-state index contributed by atoms with van der Waals surface area (Å²) < 4.78 is 5.70. The Labute approximate surface area is 185 Å². The van der Waals surface area contributed by atoms with Crippen LogP contribution in [0.15, 0.2) is 27.8 Å². The monoisotopic (exact) mass is 503 g/mol. The minimum absolute atomic E-state index is 0. The second kappa shape index (κ2) is 12.3. The summed E-state index contributed by atoms with van der Waals surface area (Å²) in [6.07, 6.45) is 7.59. The van der Waals surface area contributed by atoms with Gasteiger partial charge in [0.15, 0.2) is 5.96 Å². The number of halogens is 1. The fraction of sp³-hybridized carbons (Fsp3) is 0.700.